The number of rotatable bonds is 8. The molecule has 0 bridgehead atoms. The number of imidazole rings is 1. The van der Waals surface area contributed by atoms with Gasteiger partial charge >= 0.3 is 0 Å². The number of aromatic nitrogens is 2. The lowest BCUT2D eigenvalue weighted by Gasteiger charge is -2.07. The van der Waals surface area contributed by atoms with Crippen LogP contribution in [0.4, 0.5) is 0 Å². The molecule has 1 fully saturated rings. The molecule has 0 spiro atoms. The average Bonchev–Trinajstić information content (AvgIpc) is 3.04. The van der Waals surface area contributed by atoms with Crippen LogP contribution < -0.4 is 5.32 Å². The molecule has 1 heterocycles. The van der Waals surface area contributed by atoms with E-state index >= 15 is 0 Å². The highest BCUT2D eigenvalue weighted by Gasteiger charge is 2.24. The maximum absolute atomic E-state index is 4.23. The fourth-order valence-corrected chi connectivity index (χ4v) is 2.36. The van der Waals surface area contributed by atoms with Gasteiger partial charge in [0.05, 0.1) is 12.0 Å². The summed E-state index contributed by atoms with van der Waals surface area (Å²) in [6.07, 6.45) is 11.4. The third-order valence-corrected chi connectivity index (χ3v) is 3.64. The fraction of sp³-hybridized carbons (Fsp3) is 0.750. The molecular formula is C12H21N3S. The van der Waals surface area contributed by atoms with Crippen LogP contribution in [0.25, 0.3) is 0 Å². The van der Waals surface area contributed by atoms with E-state index in [9.17, 15) is 0 Å². The SMILES string of the molecule is CSCCCCNCc1cncn1C1CC1. The summed E-state index contributed by atoms with van der Waals surface area (Å²) in [6, 6.07) is 0.746. The van der Waals surface area contributed by atoms with Gasteiger partial charge in [0.2, 0.25) is 0 Å². The van der Waals surface area contributed by atoms with E-state index in [0.29, 0.717) is 0 Å². The average molecular weight is 239 g/mol. The zero-order chi connectivity index (χ0) is 11.2. The van der Waals surface area contributed by atoms with Gasteiger partial charge in [-0.15, -0.1) is 0 Å². The molecule has 2 rings (SSSR count). The highest BCUT2D eigenvalue weighted by molar-refractivity contribution is 7.98. The van der Waals surface area contributed by atoms with Gasteiger partial charge in [-0.05, 0) is 44.2 Å². The van der Waals surface area contributed by atoms with Crippen LogP contribution in [0.5, 0.6) is 0 Å². The molecule has 1 aliphatic carbocycles. The van der Waals surface area contributed by atoms with Crippen molar-refractivity contribution in [2.45, 2.75) is 38.3 Å². The molecule has 0 radical (unpaired) electrons. The first-order valence-electron chi connectivity index (χ1n) is 6.12. The van der Waals surface area contributed by atoms with E-state index in [0.717, 1.165) is 19.1 Å². The summed E-state index contributed by atoms with van der Waals surface area (Å²) in [7, 11) is 0. The Morgan fingerprint density at radius 1 is 1.50 bits per heavy atom. The summed E-state index contributed by atoms with van der Waals surface area (Å²) in [6.45, 7) is 2.09. The van der Waals surface area contributed by atoms with E-state index in [1.54, 1.807) is 0 Å². The minimum absolute atomic E-state index is 0.746. The van der Waals surface area contributed by atoms with Gasteiger partial charge in [0, 0.05) is 18.8 Å². The van der Waals surface area contributed by atoms with Gasteiger partial charge in [0.15, 0.2) is 0 Å². The van der Waals surface area contributed by atoms with Crippen molar-refractivity contribution in [2.75, 3.05) is 18.6 Å². The van der Waals surface area contributed by atoms with Crippen LogP contribution in [0.1, 0.15) is 37.4 Å². The molecule has 0 aromatic carbocycles. The van der Waals surface area contributed by atoms with Gasteiger partial charge in [-0.1, -0.05) is 0 Å². The Morgan fingerprint density at radius 2 is 2.38 bits per heavy atom. The van der Waals surface area contributed by atoms with E-state index < -0.39 is 0 Å². The van der Waals surface area contributed by atoms with E-state index in [1.165, 1.54) is 37.1 Å². The molecule has 3 nitrogen and oxygen atoms in total. The number of hydrogen-bond acceptors (Lipinski definition) is 3. The first-order valence-corrected chi connectivity index (χ1v) is 7.51. The van der Waals surface area contributed by atoms with Crippen molar-refractivity contribution in [2.24, 2.45) is 0 Å². The molecule has 1 aliphatic rings. The van der Waals surface area contributed by atoms with Crippen LogP contribution in [-0.2, 0) is 6.54 Å². The molecule has 0 saturated heterocycles. The maximum Gasteiger partial charge on any atom is 0.0951 e. The molecule has 1 aromatic heterocycles. The monoisotopic (exact) mass is 239 g/mol. The molecule has 1 saturated carbocycles. The van der Waals surface area contributed by atoms with Gasteiger partial charge < -0.3 is 9.88 Å². The van der Waals surface area contributed by atoms with E-state index in [-0.39, 0.29) is 0 Å². The molecule has 1 aromatic rings. The Balaban J connectivity index is 1.63. The second-order valence-corrected chi connectivity index (χ2v) is 5.39. The van der Waals surface area contributed by atoms with Gasteiger partial charge in [-0.2, -0.15) is 11.8 Å². The minimum Gasteiger partial charge on any atom is -0.330 e. The number of nitrogens with one attached hydrogen (secondary N) is 1. The topological polar surface area (TPSA) is 29.9 Å². The zero-order valence-corrected chi connectivity index (χ0v) is 10.8. The van der Waals surface area contributed by atoms with Crippen molar-refractivity contribution >= 4 is 11.8 Å². The van der Waals surface area contributed by atoms with Crippen LogP contribution in [0.15, 0.2) is 12.5 Å². The first-order chi connectivity index (χ1) is 7.92. The van der Waals surface area contributed by atoms with Crippen LogP contribution in [0.3, 0.4) is 0 Å². The lowest BCUT2D eigenvalue weighted by Crippen LogP contribution is -2.17. The largest absolute Gasteiger partial charge is 0.330 e. The normalized spacial score (nSPS) is 15.6. The van der Waals surface area contributed by atoms with Crippen LogP contribution >= 0.6 is 11.8 Å². The van der Waals surface area contributed by atoms with Crippen molar-refractivity contribution in [1.29, 1.82) is 0 Å². The third kappa shape index (κ3) is 3.52. The highest BCUT2D eigenvalue weighted by Crippen LogP contribution is 2.35. The number of unbranched alkanes of at least 4 members (excludes halogenated alkanes) is 1. The van der Waals surface area contributed by atoms with Crippen LogP contribution in [0.2, 0.25) is 0 Å². The molecule has 0 amide bonds. The Bertz CT molecular complexity index is 307. The van der Waals surface area contributed by atoms with Crippen molar-refractivity contribution < 1.29 is 0 Å². The molecule has 90 valence electrons. The summed E-state index contributed by atoms with van der Waals surface area (Å²) in [5.41, 5.74) is 1.34. The second kappa shape index (κ2) is 6.30. The van der Waals surface area contributed by atoms with E-state index in [2.05, 4.69) is 21.1 Å². The smallest absolute Gasteiger partial charge is 0.0951 e. The minimum atomic E-state index is 0.746. The summed E-state index contributed by atoms with van der Waals surface area (Å²) >= 11 is 1.93. The lowest BCUT2D eigenvalue weighted by molar-refractivity contribution is 0.601. The maximum atomic E-state index is 4.23. The molecular weight excluding hydrogens is 218 g/mol. The Hall–Kier alpha value is -0.480. The summed E-state index contributed by atoms with van der Waals surface area (Å²) in [5.74, 6) is 1.28. The van der Waals surface area contributed by atoms with Gasteiger partial charge in [0.25, 0.3) is 0 Å². The van der Waals surface area contributed by atoms with E-state index in [1.807, 2.05) is 24.3 Å². The molecule has 0 unspecified atom stereocenters. The van der Waals surface area contributed by atoms with Crippen LogP contribution in [0, 0.1) is 0 Å². The number of nitrogens with zero attached hydrogens (tertiary/aromatic N) is 2. The van der Waals surface area contributed by atoms with Crippen molar-refractivity contribution in [3.63, 3.8) is 0 Å². The fourth-order valence-electron chi connectivity index (χ4n) is 1.86. The van der Waals surface area contributed by atoms with Crippen molar-refractivity contribution in [3.8, 4) is 0 Å². The summed E-state index contributed by atoms with van der Waals surface area (Å²) < 4.78 is 2.33. The standard InChI is InChI=1S/C12H21N3S/c1-16-7-3-2-6-13-8-12-9-14-10-15(12)11-4-5-11/h9-11,13H,2-8H2,1H3. The first kappa shape index (κ1) is 12.0. The van der Waals surface area contributed by atoms with Crippen LogP contribution in [-0.4, -0.2) is 28.1 Å². The Morgan fingerprint density at radius 3 is 3.12 bits per heavy atom. The predicted molar refractivity (Wildman–Crippen MR) is 69.8 cm³/mol. The second-order valence-electron chi connectivity index (χ2n) is 4.40. The van der Waals surface area contributed by atoms with Crippen molar-refractivity contribution in [1.82, 2.24) is 14.9 Å². The quantitative estimate of drug-likeness (QED) is 0.707. The molecule has 1 N–H and O–H groups in total. The predicted octanol–water partition coefficient (Wildman–Crippen LogP) is 2.45. The molecule has 0 aliphatic heterocycles. The van der Waals surface area contributed by atoms with Gasteiger partial charge in [-0.25, -0.2) is 4.98 Å². The van der Waals surface area contributed by atoms with Gasteiger partial charge in [0.1, 0.15) is 0 Å². The van der Waals surface area contributed by atoms with Crippen molar-refractivity contribution in [3.05, 3.63) is 18.2 Å². The zero-order valence-electron chi connectivity index (χ0n) is 9.98. The number of hydrogen-bond donors (Lipinski definition) is 1. The highest BCUT2D eigenvalue weighted by atomic mass is 32.2. The Kier molecular flexibility index (Phi) is 4.72. The molecule has 0 atom stereocenters. The van der Waals surface area contributed by atoms with E-state index in [4.69, 9.17) is 0 Å². The third-order valence-electron chi connectivity index (χ3n) is 2.94. The molecule has 16 heavy (non-hydrogen) atoms. The Labute approximate surface area is 102 Å². The molecule has 4 heteroatoms. The summed E-state index contributed by atoms with van der Waals surface area (Å²) in [4.78, 5) is 4.23. The van der Waals surface area contributed by atoms with Gasteiger partial charge in [-0.3, -0.25) is 0 Å². The summed E-state index contributed by atoms with van der Waals surface area (Å²) in [5, 5.41) is 3.50. The number of thioether (sulfide) groups is 1. The lowest BCUT2D eigenvalue weighted by atomic mass is 10.3.